The highest BCUT2D eigenvalue weighted by atomic mass is 15.2. The summed E-state index contributed by atoms with van der Waals surface area (Å²) in [5, 5.41) is 0. The second kappa shape index (κ2) is 6.09. The number of nitrogens with zero attached hydrogens (tertiary/aromatic N) is 2. The monoisotopic (exact) mass is 270 g/mol. The van der Waals surface area contributed by atoms with Gasteiger partial charge in [-0.05, 0) is 56.3 Å². The maximum absolute atomic E-state index is 5.04. The minimum Gasteiger partial charge on any atom is -0.301 e. The lowest BCUT2D eigenvalue weighted by atomic mass is 9.84. The molecular weight excluding hydrogens is 244 g/mol. The number of benzene rings is 1. The number of hydrogen-bond acceptors (Lipinski definition) is 2. The van der Waals surface area contributed by atoms with E-state index in [1.165, 1.54) is 62.2 Å². The van der Waals surface area contributed by atoms with Gasteiger partial charge in [-0.25, -0.2) is 0 Å². The fraction of sp³-hybridized carbons (Fsp3) is 0.611. The summed E-state index contributed by atoms with van der Waals surface area (Å²) in [5.74, 6) is 0.828. The highest BCUT2D eigenvalue weighted by Crippen LogP contribution is 2.29. The molecule has 0 radical (unpaired) electrons. The van der Waals surface area contributed by atoms with Gasteiger partial charge in [0.1, 0.15) is 0 Å². The van der Waals surface area contributed by atoms with Gasteiger partial charge in [-0.15, -0.1) is 0 Å². The van der Waals surface area contributed by atoms with Gasteiger partial charge >= 0.3 is 0 Å². The fourth-order valence-electron chi connectivity index (χ4n) is 3.60. The molecule has 1 atom stereocenters. The zero-order valence-corrected chi connectivity index (χ0v) is 12.8. The molecule has 3 heterocycles. The molecule has 20 heavy (non-hydrogen) atoms. The first-order chi connectivity index (χ1) is 9.76. The van der Waals surface area contributed by atoms with E-state index in [9.17, 15) is 0 Å². The number of rotatable bonds is 4. The van der Waals surface area contributed by atoms with Crippen molar-refractivity contribution >= 4 is 5.71 Å². The van der Waals surface area contributed by atoms with E-state index in [0.29, 0.717) is 6.04 Å². The Morgan fingerprint density at radius 3 is 2.45 bits per heavy atom. The van der Waals surface area contributed by atoms with Crippen molar-refractivity contribution in [2.45, 2.75) is 45.6 Å². The third-order valence-corrected chi connectivity index (χ3v) is 4.89. The van der Waals surface area contributed by atoms with E-state index in [1.54, 1.807) is 0 Å². The molecule has 1 unspecified atom stereocenters. The molecule has 0 saturated carbocycles. The first-order valence-corrected chi connectivity index (χ1v) is 8.12. The number of fused-ring (bicyclic) bond motifs is 3. The molecule has 2 heteroatoms. The summed E-state index contributed by atoms with van der Waals surface area (Å²) >= 11 is 0. The van der Waals surface area contributed by atoms with Gasteiger partial charge in [0, 0.05) is 12.3 Å². The molecule has 108 valence electrons. The summed E-state index contributed by atoms with van der Waals surface area (Å²) in [4.78, 5) is 7.61. The first kappa shape index (κ1) is 13.8. The van der Waals surface area contributed by atoms with Crippen molar-refractivity contribution in [1.82, 2.24) is 4.90 Å². The zero-order chi connectivity index (χ0) is 13.9. The lowest BCUT2D eigenvalue weighted by molar-refractivity contribution is 0.0906. The van der Waals surface area contributed by atoms with Crippen LogP contribution in [0, 0.1) is 5.92 Å². The molecule has 3 aliphatic heterocycles. The van der Waals surface area contributed by atoms with Gasteiger partial charge in [-0.2, -0.15) is 0 Å². The Bertz CT molecular complexity index is 467. The third kappa shape index (κ3) is 2.95. The molecule has 2 bridgehead atoms. The van der Waals surface area contributed by atoms with Crippen LogP contribution in [0.3, 0.4) is 0 Å². The second-order valence-corrected chi connectivity index (χ2v) is 6.37. The summed E-state index contributed by atoms with van der Waals surface area (Å²) < 4.78 is 0. The predicted molar refractivity (Wildman–Crippen MR) is 85.6 cm³/mol. The third-order valence-electron chi connectivity index (χ3n) is 4.89. The Kier molecular flexibility index (Phi) is 4.21. The average molecular weight is 270 g/mol. The van der Waals surface area contributed by atoms with Gasteiger partial charge in [0.15, 0.2) is 0 Å². The van der Waals surface area contributed by atoms with Crippen LogP contribution in [0.15, 0.2) is 29.3 Å². The van der Waals surface area contributed by atoms with Gasteiger partial charge in [0.05, 0.1) is 6.04 Å². The van der Waals surface area contributed by atoms with Gasteiger partial charge in [0.2, 0.25) is 0 Å². The van der Waals surface area contributed by atoms with E-state index in [-0.39, 0.29) is 0 Å². The SMILES string of the molecule is CCCc1ccc(C(C)=NC2CN3CCC2CC3)cc1. The van der Waals surface area contributed by atoms with Crippen molar-refractivity contribution in [1.29, 1.82) is 0 Å². The van der Waals surface area contributed by atoms with Crippen LogP contribution in [-0.4, -0.2) is 36.3 Å². The van der Waals surface area contributed by atoms with Crippen molar-refractivity contribution in [3.05, 3.63) is 35.4 Å². The molecule has 0 amide bonds. The normalized spacial score (nSPS) is 29.7. The van der Waals surface area contributed by atoms with Crippen LogP contribution in [0.2, 0.25) is 0 Å². The number of hydrogen-bond donors (Lipinski definition) is 0. The Hall–Kier alpha value is -1.15. The molecule has 3 saturated heterocycles. The lowest BCUT2D eigenvalue weighted by Crippen LogP contribution is -2.49. The van der Waals surface area contributed by atoms with Crippen molar-refractivity contribution in [2.75, 3.05) is 19.6 Å². The van der Waals surface area contributed by atoms with E-state index in [0.717, 1.165) is 5.92 Å². The average Bonchev–Trinajstić information content (AvgIpc) is 2.49. The van der Waals surface area contributed by atoms with E-state index in [2.05, 4.69) is 43.0 Å². The molecule has 0 aromatic heterocycles. The highest BCUT2D eigenvalue weighted by molar-refractivity contribution is 5.98. The fourth-order valence-corrected chi connectivity index (χ4v) is 3.60. The Morgan fingerprint density at radius 1 is 1.20 bits per heavy atom. The molecular formula is C18H26N2. The van der Waals surface area contributed by atoms with E-state index in [4.69, 9.17) is 4.99 Å². The van der Waals surface area contributed by atoms with E-state index >= 15 is 0 Å². The van der Waals surface area contributed by atoms with Gasteiger partial charge in [0.25, 0.3) is 0 Å². The Morgan fingerprint density at radius 2 is 1.90 bits per heavy atom. The lowest BCUT2D eigenvalue weighted by Gasteiger charge is -2.43. The predicted octanol–water partition coefficient (Wildman–Crippen LogP) is 3.54. The van der Waals surface area contributed by atoms with Gasteiger partial charge in [-0.3, -0.25) is 4.99 Å². The summed E-state index contributed by atoms with van der Waals surface area (Å²) in [6, 6.07) is 9.53. The minimum atomic E-state index is 0.535. The largest absolute Gasteiger partial charge is 0.301 e. The summed E-state index contributed by atoms with van der Waals surface area (Å²) in [6.45, 7) is 8.17. The number of piperidine rings is 3. The van der Waals surface area contributed by atoms with Crippen molar-refractivity contribution in [2.24, 2.45) is 10.9 Å². The molecule has 1 aromatic rings. The van der Waals surface area contributed by atoms with Crippen LogP contribution in [0.4, 0.5) is 0 Å². The maximum Gasteiger partial charge on any atom is 0.0658 e. The quantitative estimate of drug-likeness (QED) is 0.764. The van der Waals surface area contributed by atoms with Crippen molar-refractivity contribution < 1.29 is 0 Å². The topological polar surface area (TPSA) is 15.6 Å². The van der Waals surface area contributed by atoms with Crippen LogP contribution >= 0.6 is 0 Å². The first-order valence-electron chi connectivity index (χ1n) is 8.12. The van der Waals surface area contributed by atoms with Crippen LogP contribution in [-0.2, 0) is 6.42 Å². The van der Waals surface area contributed by atoms with E-state index < -0.39 is 0 Å². The van der Waals surface area contributed by atoms with Gasteiger partial charge < -0.3 is 4.90 Å². The van der Waals surface area contributed by atoms with Crippen LogP contribution in [0.5, 0.6) is 0 Å². The minimum absolute atomic E-state index is 0.535. The molecule has 3 aliphatic rings. The smallest absolute Gasteiger partial charge is 0.0658 e. The second-order valence-electron chi connectivity index (χ2n) is 6.37. The van der Waals surface area contributed by atoms with Crippen molar-refractivity contribution in [3.8, 4) is 0 Å². The van der Waals surface area contributed by atoms with Crippen LogP contribution < -0.4 is 0 Å². The Balaban J connectivity index is 1.71. The molecule has 3 fully saturated rings. The summed E-state index contributed by atoms with van der Waals surface area (Å²) in [7, 11) is 0. The van der Waals surface area contributed by atoms with E-state index in [1.807, 2.05) is 0 Å². The maximum atomic E-state index is 5.04. The zero-order valence-electron chi connectivity index (χ0n) is 12.8. The highest BCUT2D eigenvalue weighted by Gasteiger charge is 2.33. The molecule has 4 rings (SSSR count). The number of aliphatic imine (C=N–C) groups is 1. The molecule has 1 aromatic carbocycles. The standard InChI is InChI=1S/C18H26N2/c1-3-4-15-5-7-16(8-6-15)14(2)19-18-13-20-11-9-17(18)10-12-20/h5-8,17-18H,3-4,9-13H2,1-2H3. The van der Waals surface area contributed by atoms with Crippen LogP contribution in [0.1, 0.15) is 44.2 Å². The number of aryl methyl sites for hydroxylation is 1. The summed E-state index contributed by atoms with van der Waals surface area (Å²) in [5.41, 5.74) is 3.94. The van der Waals surface area contributed by atoms with Gasteiger partial charge in [-0.1, -0.05) is 37.6 Å². The Labute approximate surface area is 122 Å². The molecule has 0 N–H and O–H groups in total. The molecule has 2 nitrogen and oxygen atoms in total. The summed E-state index contributed by atoms with van der Waals surface area (Å²) in [6.07, 6.45) is 5.08. The van der Waals surface area contributed by atoms with Crippen LogP contribution in [0.25, 0.3) is 0 Å². The molecule has 0 aliphatic carbocycles. The van der Waals surface area contributed by atoms with Crippen molar-refractivity contribution in [3.63, 3.8) is 0 Å². The molecule has 0 spiro atoms.